The van der Waals surface area contributed by atoms with E-state index in [4.69, 9.17) is 28.7 Å². The molecule has 0 bridgehead atoms. The molecule has 1 aromatic rings. The fraction of sp³-hybridized carbons (Fsp3) is 0.667. The van der Waals surface area contributed by atoms with Crippen LogP contribution in [0.4, 0.5) is 0 Å². The van der Waals surface area contributed by atoms with Crippen molar-refractivity contribution in [2.75, 3.05) is 13.0 Å². The van der Waals surface area contributed by atoms with Crippen LogP contribution >= 0.6 is 23.2 Å². The first-order valence-corrected chi connectivity index (χ1v) is 9.73. The standard InChI is InChI=1S/C21H32Cl2N2O/c1-13(2)16(14(3)4)12-25(18-10-11-24-21(18,5)6)20(26)15-8-7-9-17(22)19(15)23/h7-9,13-14,16,18,24H,10-12H2,1-6H3/t18-/m0/s1/i10D2,11D2,18D. The van der Waals surface area contributed by atoms with Gasteiger partial charge in [0.2, 0.25) is 0 Å². The minimum atomic E-state index is -2.72. The molecule has 26 heavy (non-hydrogen) atoms. The molecule has 0 unspecified atom stereocenters. The maximum absolute atomic E-state index is 13.8. The fourth-order valence-corrected chi connectivity index (χ4v) is 3.74. The first-order valence-electron chi connectivity index (χ1n) is 11.5. The Hall–Kier alpha value is -0.770. The van der Waals surface area contributed by atoms with Crippen LogP contribution in [0.2, 0.25) is 10.0 Å². The molecule has 5 heteroatoms. The van der Waals surface area contributed by atoms with Crippen LogP contribution in [0.25, 0.3) is 0 Å². The molecule has 1 heterocycles. The number of carbonyl (C=O) groups is 1. The van der Waals surface area contributed by atoms with Gasteiger partial charge in [0, 0.05) is 17.6 Å². The molecule has 1 N–H and O–H groups in total. The third-order valence-corrected chi connectivity index (χ3v) is 5.77. The molecule has 0 aromatic heterocycles. The van der Waals surface area contributed by atoms with Gasteiger partial charge in [-0.25, -0.2) is 0 Å². The third kappa shape index (κ3) is 4.55. The summed E-state index contributed by atoms with van der Waals surface area (Å²) in [4.78, 5) is 15.0. The number of carbonyl (C=O) groups excluding carboxylic acids is 1. The molecule has 0 spiro atoms. The van der Waals surface area contributed by atoms with Crippen molar-refractivity contribution >= 4 is 29.1 Å². The van der Waals surface area contributed by atoms with Crippen LogP contribution in [0, 0.1) is 17.8 Å². The zero-order chi connectivity index (χ0) is 24.2. The zero-order valence-electron chi connectivity index (χ0n) is 21.3. The molecule has 0 aliphatic carbocycles. The topological polar surface area (TPSA) is 32.3 Å². The van der Waals surface area contributed by atoms with Gasteiger partial charge in [-0.15, -0.1) is 0 Å². The van der Waals surface area contributed by atoms with E-state index in [0.717, 1.165) is 4.90 Å². The van der Waals surface area contributed by atoms with Gasteiger partial charge in [-0.1, -0.05) is 57.0 Å². The normalized spacial score (nSPS) is 29.1. The quantitative estimate of drug-likeness (QED) is 0.679. The second-order valence-electron chi connectivity index (χ2n) is 8.02. The van der Waals surface area contributed by atoms with Crippen LogP contribution in [0.3, 0.4) is 0 Å². The molecule has 1 aliphatic heterocycles. The number of nitrogens with zero attached hydrogens (tertiary/aromatic N) is 1. The summed E-state index contributed by atoms with van der Waals surface area (Å²) in [6.45, 7) is 8.70. The van der Waals surface area contributed by atoms with E-state index in [1.807, 2.05) is 27.7 Å². The Kier molecular flexibility index (Phi) is 4.96. The molecule has 2 rings (SSSR count). The Bertz CT molecular complexity index is 839. The second-order valence-corrected chi connectivity index (χ2v) is 8.80. The Morgan fingerprint density at radius 3 is 2.46 bits per heavy atom. The van der Waals surface area contributed by atoms with E-state index in [-0.39, 0.29) is 39.9 Å². The second kappa shape index (κ2) is 8.50. The number of amides is 1. The van der Waals surface area contributed by atoms with Crippen LogP contribution < -0.4 is 5.32 Å². The van der Waals surface area contributed by atoms with Gasteiger partial charge in [0.05, 0.1) is 23.0 Å². The molecule has 3 nitrogen and oxygen atoms in total. The Balaban J connectivity index is 2.75. The van der Waals surface area contributed by atoms with E-state index in [9.17, 15) is 6.17 Å². The Morgan fingerprint density at radius 2 is 1.96 bits per heavy atom. The van der Waals surface area contributed by atoms with Crippen molar-refractivity contribution in [3.8, 4) is 0 Å². The van der Waals surface area contributed by atoms with E-state index in [1.165, 1.54) is 6.07 Å². The smallest absolute Gasteiger partial charge is 0.255 e. The minimum absolute atomic E-state index is 0.0285. The summed E-state index contributed by atoms with van der Waals surface area (Å²) < 4.78 is 43.1. The highest BCUT2D eigenvalue weighted by atomic mass is 35.5. The van der Waals surface area contributed by atoms with Crippen LogP contribution in [-0.2, 0) is 0 Å². The number of hydrogen-bond donors (Lipinski definition) is 1. The predicted molar refractivity (Wildman–Crippen MR) is 111 cm³/mol. The van der Waals surface area contributed by atoms with Crippen molar-refractivity contribution in [2.45, 2.75) is 59.5 Å². The molecular formula is C21H32Cl2N2O. The molecule has 1 atom stereocenters. The van der Waals surface area contributed by atoms with Gasteiger partial charge in [0.15, 0.2) is 0 Å². The van der Waals surface area contributed by atoms with E-state index in [2.05, 4.69) is 5.32 Å². The van der Waals surface area contributed by atoms with Crippen molar-refractivity contribution in [3.63, 3.8) is 0 Å². The van der Waals surface area contributed by atoms with Crippen LogP contribution in [0.5, 0.6) is 0 Å². The van der Waals surface area contributed by atoms with Crippen molar-refractivity contribution in [3.05, 3.63) is 33.8 Å². The lowest BCUT2D eigenvalue weighted by Crippen LogP contribution is -2.55. The van der Waals surface area contributed by atoms with Crippen LogP contribution in [-0.4, -0.2) is 35.4 Å². The van der Waals surface area contributed by atoms with E-state index < -0.39 is 30.3 Å². The average molecular weight is 404 g/mol. The van der Waals surface area contributed by atoms with E-state index in [0.29, 0.717) is 0 Å². The Labute approximate surface area is 175 Å². The molecule has 1 fully saturated rings. The van der Waals surface area contributed by atoms with Crippen LogP contribution in [0.1, 0.15) is 65.1 Å². The van der Waals surface area contributed by atoms with Crippen molar-refractivity contribution < 1.29 is 11.6 Å². The van der Waals surface area contributed by atoms with Gasteiger partial charge in [-0.3, -0.25) is 4.79 Å². The Morgan fingerprint density at radius 1 is 1.35 bits per heavy atom. The van der Waals surface area contributed by atoms with E-state index >= 15 is 0 Å². The largest absolute Gasteiger partial charge is 0.333 e. The number of halogens is 2. The van der Waals surface area contributed by atoms with E-state index in [1.54, 1.807) is 26.0 Å². The highest BCUT2D eigenvalue weighted by Crippen LogP contribution is 2.33. The first kappa shape index (κ1) is 15.2. The third-order valence-electron chi connectivity index (χ3n) is 4.95. The summed E-state index contributed by atoms with van der Waals surface area (Å²) in [7, 11) is 0. The summed E-state index contributed by atoms with van der Waals surface area (Å²) >= 11 is 12.4. The molecule has 0 saturated carbocycles. The average Bonchev–Trinajstić information content (AvgIpc) is 2.70. The number of benzene rings is 1. The van der Waals surface area contributed by atoms with Gasteiger partial charge >= 0.3 is 0 Å². The fourth-order valence-electron chi connectivity index (χ4n) is 3.36. The zero-order valence-corrected chi connectivity index (χ0v) is 17.8. The van der Waals surface area contributed by atoms with Gasteiger partial charge in [0.1, 0.15) is 0 Å². The molecule has 0 radical (unpaired) electrons. The summed E-state index contributed by atoms with van der Waals surface area (Å²) in [5, 5.41) is 2.82. The highest BCUT2D eigenvalue weighted by molar-refractivity contribution is 6.43. The summed E-state index contributed by atoms with van der Waals surface area (Å²) in [6, 6.07) is 2.34. The van der Waals surface area contributed by atoms with Gasteiger partial charge in [-0.05, 0) is 56.6 Å². The van der Waals surface area contributed by atoms with Gasteiger partial charge in [0.25, 0.3) is 5.91 Å². The maximum Gasteiger partial charge on any atom is 0.255 e. The van der Waals surface area contributed by atoms with Crippen LogP contribution in [0.15, 0.2) is 18.2 Å². The number of hydrogen-bond acceptors (Lipinski definition) is 2. The lowest BCUT2D eigenvalue weighted by molar-refractivity contribution is 0.0513. The molecule has 1 aliphatic rings. The number of rotatable bonds is 6. The maximum atomic E-state index is 13.8. The predicted octanol–water partition coefficient (Wildman–Crippen LogP) is 5.50. The SMILES string of the molecule is [2H]C1([2H])NC(C)(C)[C@@]([2H])(N(CC(C(C)C)C(C)C)C(=O)c2cccc(Cl)c2Cl)C1([2H])[2H]. The highest BCUT2D eigenvalue weighted by Gasteiger charge is 2.42. The first-order chi connectivity index (χ1) is 13.9. The lowest BCUT2D eigenvalue weighted by Gasteiger charge is -2.41. The minimum Gasteiger partial charge on any atom is -0.333 e. The summed E-state index contributed by atoms with van der Waals surface area (Å²) in [6.07, 6.45) is -2.72. The van der Waals surface area contributed by atoms with Crippen molar-refractivity contribution in [1.82, 2.24) is 10.2 Å². The van der Waals surface area contributed by atoms with Crippen molar-refractivity contribution in [2.24, 2.45) is 17.8 Å². The van der Waals surface area contributed by atoms with Crippen molar-refractivity contribution in [1.29, 1.82) is 0 Å². The molecule has 146 valence electrons. The molecule has 1 saturated heterocycles. The summed E-state index contributed by atoms with van der Waals surface area (Å²) in [5.41, 5.74) is -1.34. The molecule has 1 aromatic carbocycles. The monoisotopic (exact) mass is 403 g/mol. The van der Waals surface area contributed by atoms with Gasteiger partial charge < -0.3 is 10.2 Å². The lowest BCUT2D eigenvalue weighted by atomic mass is 9.83. The number of nitrogens with one attached hydrogen (secondary N) is 1. The molecule has 1 amide bonds. The summed E-state index contributed by atoms with van der Waals surface area (Å²) in [5.74, 6) is -0.407. The molecular weight excluding hydrogens is 367 g/mol. The van der Waals surface area contributed by atoms with Gasteiger partial charge in [-0.2, -0.15) is 0 Å².